The molecule has 0 bridgehead atoms. The van der Waals surface area contributed by atoms with Crippen LogP contribution in [0.5, 0.6) is 0 Å². The number of nitrogens with zero attached hydrogens (tertiary/aromatic N) is 2. The minimum absolute atomic E-state index is 0.225. The molecule has 0 spiro atoms. The fourth-order valence-electron chi connectivity index (χ4n) is 4.29. The van der Waals surface area contributed by atoms with Gasteiger partial charge in [-0.3, -0.25) is 0 Å². The molecule has 32 heavy (non-hydrogen) atoms. The van der Waals surface area contributed by atoms with Gasteiger partial charge in [-0.2, -0.15) is 0 Å². The lowest BCUT2D eigenvalue weighted by atomic mass is 9.74. The Bertz CT molecular complexity index is 975. The number of carbonyl (C=O) groups is 2. The number of oxime groups is 2. The quantitative estimate of drug-likeness (QED) is 0.315. The van der Waals surface area contributed by atoms with Crippen molar-refractivity contribution in [2.75, 3.05) is 0 Å². The zero-order valence-corrected chi connectivity index (χ0v) is 18.9. The first-order chi connectivity index (χ1) is 15.5. The maximum absolute atomic E-state index is 11.6. The van der Waals surface area contributed by atoms with Gasteiger partial charge in [0.2, 0.25) is 0 Å². The number of carbonyl (C=O) groups excluding carboxylic acids is 2. The van der Waals surface area contributed by atoms with Gasteiger partial charge in [0.25, 0.3) is 0 Å². The standard InChI is InChI=1S/C26H30N2O4/c1-18(27-31-19(2)29)25(23-12-8-5-9-13-23)26(28-32-20(3)30)24-16-14-22(15-17-24)21-10-6-4-7-11-21/h4,6-7,10-11,14-17,23,25H,5,8-9,12-13H2,1-3H3/b27-18+,28-26+. The largest absolute Gasteiger partial charge is 0.331 e. The monoisotopic (exact) mass is 434 g/mol. The summed E-state index contributed by atoms with van der Waals surface area (Å²) < 4.78 is 0. The third kappa shape index (κ3) is 6.36. The molecule has 1 unspecified atom stereocenters. The highest BCUT2D eigenvalue weighted by atomic mass is 16.7. The van der Waals surface area contributed by atoms with Crippen molar-refractivity contribution in [2.45, 2.75) is 52.9 Å². The first-order valence-electron chi connectivity index (χ1n) is 11.1. The molecule has 0 aliphatic heterocycles. The first-order valence-corrected chi connectivity index (χ1v) is 11.1. The second kappa shape index (κ2) is 11.4. The van der Waals surface area contributed by atoms with Crippen LogP contribution in [0.15, 0.2) is 64.9 Å². The normalized spacial score (nSPS) is 16.3. The van der Waals surface area contributed by atoms with Gasteiger partial charge in [0.05, 0.1) is 11.4 Å². The Labute approximate surface area is 189 Å². The van der Waals surface area contributed by atoms with E-state index in [1.807, 2.05) is 49.4 Å². The summed E-state index contributed by atoms with van der Waals surface area (Å²) in [6, 6.07) is 18.2. The van der Waals surface area contributed by atoms with Crippen LogP contribution in [-0.2, 0) is 19.3 Å². The zero-order valence-electron chi connectivity index (χ0n) is 18.9. The van der Waals surface area contributed by atoms with E-state index in [0.717, 1.165) is 42.4 Å². The Hall–Kier alpha value is -3.28. The molecule has 6 nitrogen and oxygen atoms in total. The van der Waals surface area contributed by atoms with Gasteiger partial charge in [-0.15, -0.1) is 0 Å². The summed E-state index contributed by atoms with van der Waals surface area (Å²) in [6.07, 6.45) is 5.47. The highest BCUT2D eigenvalue weighted by Crippen LogP contribution is 2.34. The van der Waals surface area contributed by atoms with Crippen LogP contribution in [0.1, 0.15) is 58.4 Å². The maximum Gasteiger partial charge on any atom is 0.331 e. The van der Waals surface area contributed by atoms with Gasteiger partial charge in [0, 0.05) is 25.3 Å². The van der Waals surface area contributed by atoms with Gasteiger partial charge in [-0.1, -0.05) is 84.2 Å². The molecule has 1 saturated carbocycles. The molecule has 2 aromatic rings. The Morgan fingerprint density at radius 1 is 0.781 bits per heavy atom. The molecule has 168 valence electrons. The molecule has 0 saturated heterocycles. The highest BCUT2D eigenvalue weighted by Gasteiger charge is 2.32. The summed E-state index contributed by atoms with van der Waals surface area (Å²) in [5, 5.41) is 8.35. The topological polar surface area (TPSA) is 77.3 Å². The highest BCUT2D eigenvalue weighted by molar-refractivity contribution is 6.14. The molecule has 0 aromatic heterocycles. The van der Waals surface area contributed by atoms with Gasteiger partial charge < -0.3 is 9.68 Å². The molecule has 0 radical (unpaired) electrons. The molecule has 1 aliphatic rings. The van der Waals surface area contributed by atoms with Crippen LogP contribution in [0.2, 0.25) is 0 Å². The van der Waals surface area contributed by atoms with Crippen LogP contribution < -0.4 is 0 Å². The molecule has 2 aromatic carbocycles. The number of rotatable bonds is 7. The van der Waals surface area contributed by atoms with E-state index in [1.165, 1.54) is 20.3 Å². The van der Waals surface area contributed by atoms with E-state index in [2.05, 4.69) is 22.4 Å². The molecule has 3 rings (SSSR count). The van der Waals surface area contributed by atoms with Gasteiger partial charge in [-0.25, -0.2) is 9.59 Å². The van der Waals surface area contributed by atoms with Crippen molar-refractivity contribution in [2.24, 2.45) is 22.1 Å². The summed E-state index contributed by atoms with van der Waals surface area (Å²) in [5.74, 6) is -0.916. The van der Waals surface area contributed by atoms with E-state index in [9.17, 15) is 9.59 Å². The van der Waals surface area contributed by atoms with Crippen LogP contribution in [0.25, 0.3) is 11.1 Å². The molecule has 6 heteroatoms. The van der Waals surface area contributed by atoms with Crippen molar-refractivity contribution in [1.29, 1.82) is 0 Å². The Morgan fingerprint density at radius 3 is 1.94 bits per heavy atom. The van der Waals surface area contributed by atoms with Gasteiger partial charge >= 0.3 is 11.9 Å². The predicted octanol–water partition coefficient (Wildman–Crippen LogP) is 5.76. The van der Waals surface area contributed by atoms with Crippen molar-refractivity contribution >= 4 is 23.4 Å². The summed E-state index contributed by atoms with van der Waals surface area (Å²) >= 11 is 0. The molecular weight excluding hydrogens is 404 g/mol. The lowest BCUT2D eigenvalue weighted by Crippen LogP contribution is -2.33. The van der Waals surface area contributed by atoms with Crippen LogP contribution >= 0.6 is 0 Å². The lowest BCUT2D eigenvalue weighted by molar-refractivity contribution is -0.141. The van der Waals surface area contributed by atoms with E-state index < -0.39 is 11.9 Å². The third-order valence-electron chi connectivity index (χ3n) is 5.74. The van der Waals surface area contributed by atoms with Crippen LogP contribution in [0.4, 0.5) is 0 Å². The fourth-order valence-corrected chi connectivity index (χ4v) is 4.29. The van der Waals surface area contributed by atoms with Crippen molar-refractivity contribution in [3.05, 3.63) is 60.2 Å². The van der Waals surface area contributed by atoms with Crippen LogP contribution in [0, 0.1) is 11.8 Å². The van der Waals surface area contributed by atoms with Crippen molar-refractivity contribution in [3.63, 3.8) is 0 Å². The number of hydrogen-bond donors (Lipinski definition) is 0. The maximum atomic E-state index is 11.6. The first kappa shape index (κ1) is 23.4. The summed E-state index contributed by atoms with van der Waals surface area (Å²) in [7, 11) is 0. The van der Waals surface area contributed by atoms with E-state index in [-0.39, 0.29) is 11.8 Å². The fraction of sp³-hybridized carbons (Fsp3) is 0.385. The average molecular weight is 435 g/mol. The predicted molar refractivity (Wildman–Crippen MR) is 125 cm³/mol. The molecule has 1 fully saturated rings. The second-order valence-electron chi connectivity index (χ2n) is 8.19. The number of hydrogen-bond acceptors (Lipinski definition) is 6. The lowest BCUT2D eigenvalue weighted by Gasteiger charge is -2.30. The van der Waals surface area contributed by atoms with E-state index in [1.54, 1.807) is 0 Å². The van der Waals surface area contributed by atoms with E-state index in [4.69, 9.17) is 9.68 Å². The zero-order chi connectivity index (χ0) is 22.9. The van der Waals surface area contributed by atoms with Gasteiger partial charge in [0.15, 0.2) is 0 Å². The smallest absolute Gasteiger partial charge is 0.319 e. The van der Waals surface area contributed by atoms with E-state index in [0.29, 0.717) is 11.4 Å². The Morgan fingerprint density at radius 2 is 1.34 bits per heavy atom. The molecule has 0 N–H and O–H groups in total. The number of benzene rings is 2. The minimum Gasteiger partial charge on any atom is -0.319 e. The third-order valence-corrected chi connectivity index (χ3v) is 5.74. The summed E-state index contributed by atoms with van der Waals surface area (Å²) in [6.45, 7) is 4.49. The summed E-state index contributed by atoms with van der Waals surface area (Å²) in [5.41, 5.74) is 4.32. The SMILES string of the molecule is CC(=O)O/N=C(\c1ccc(-c2ccccc2)cc1)C(/C(C)=N/OC(C)=O)C1CCCCC1. The average Bonchev–Trinajstić information content (AvgIpc) is 2.81. The van der Waals surface area contributed by atoms with Gasteiger partial charge in [-0.05, 0) is 36.8 Å². The van der Waals surface area contributed by atoms with E-state index >= 15 is 0 Å². The molecule has 1 atom stereocenters. The van der Waals surface area contributed by atoms with Crippen LogP contribution in [0.3, 0.4) is 0 Å². The second-order valence-corrected chi connectivity index (χ2v) is 8.19. The minimum atomic E-state index is -0.486. The Kier molecular flexibility index (Phi) is 8.31. The van der Waals surface area contributed by atoms with Crippen LogP contribution in [-0.4, -0.2) is 23.4 Å². The van der Waals surface area contributed by atoms with Crippen molar-refractivity contribution < 1.29 is 19.3 Å². The molecular formula is C26H30N2O4. The van der Waals surface area contributed by atoms with Crippen molar-refractivity contribution in [3.8, 4) is 11.1 Å². The Balaban J connectivity index is 2.01. The molecule has 1 aliphatic carbocycles. The summed E-state index contributed by atoms with van der Waals surface area (Å²) in [4.78, 5) is 33.0. The van der Waals surface area contributed by atoms with Crippen molar-refractivity contribution in [1.82, 2.24) is 0 Å². The molecule has 0 heterocycles. The van der Waals surface area contributed by atoms with Gasteiger partial charge in [0.1, 0.15) is 0 Å². The molecule has 0 amide bonds.